The van der Waals surface area contributed by atoms with Crippen LogP contribution in [0.1, 0.15) is 108 Å². The Morgan fingerprint density at radius 1 is 0.902 bits per heavy atom. The van der Waals surface area contributed by atoms with Gasteiger partial charge in [0.15, 0.2) is 14.4 Å². The third kappa shape index (κ3) is 12.1. The maximum absolute atomic E-state index is 13.8. The molecule has 0 unspecified atom stereocenters. The molecule has 0 bridgehead atoms. The number of esters is 1. The lowest BCUT2D eigenvalue weighted by molar-refractivity contribution is -0.149. The number of ether oxygens (including phenoxy) is 4. The number of hydrogen-bond acceptors (Lipinski definition) is 7. The fourth-order valence-electron chi connectivity index (χ4n) is 7.48. The largest absolute Gasteiger partial charge is 0.497 e. The summed E-state index contributed by atoms with van der Waals surface area (Å²) in [5, 5.41) is -0.0832. The van der Waals surface area contributed by atoms with Crippen LogP contribution in [0.4, 0.5) is 0 Å². The van der Waals surface area contributed by atoms with E-state index in [1.807, 2.05) is 31.2 Å². The van der Waals surface area contributed by atoms with Gasteiger partial charge in [-0.2, -0.15) is 0 Å². The van der Waals surface area contributed by atoms with Crippen molar-refractivity contribution in [3.63, 3.8) is 0 Å². The van der Waals surface area contributed by atoms with Gasteiger partial charge in [-0.25, -0.2) is 0 Å². The van der Waals surface area contributed by atoms with Crippen molar-refractivity contribution in [2.45, 2.75) is 168 Å². The molecular weight excluding hydrogens is 673 g/mol. The Morgan fingerprint density at radius 3 is 1.96 bits per heavy atom. The maximum Gasteiger partial charge on any atom is 0.314 e. The Labute approximate surface area is 313 Å². The average Bonchev–Trinajstić information content (AvgIpc) is 3.01. The van der Waals surface area contributed by atoms with Gasteiger partial charge in [0.25, 0.3) is 0 Å². The van der Waals surface area contributed by atoms with Crippen LogP contribution in [0.2, 0.25) is 34.8 Å². The van der Waals surface area contributed by atoms with Crippen LogP contribution in [0.25, 0.3) is 0 Å². The molecule has 7 nitrogen and oxygen atoms in total. The van der Waals surface area contributed by atoms with Crippen LogP contribution in [-0.2, 0) is 34.8 Å². The van der Waals surface area contributed by atoms with Crippen LogP contribution in [0.15, 0.2) is 35.9 Å². The summed E-state index contributed by atoms with van der Waals surface area (Å²) in [6.07, 6.45) is 0.560. The van der Waals surface area contributed by atoms with Crippen molar-refractivity contribution in [3.05, 3.63) is 41.5 Å². The first-order chi connectivity index (χ1) is 23.6. The first-order valence-electron chi connectivity index (χ1n) is 19.0. The molecule has 0 spiro atoms. The van der Waals surface area contributed by atoms with Gasteiger partial charge in [-0.3, -0.25) is 9.59 Å². The predicted octanol–water partition coefficient (Wildman–Crippen LogP) is 10.1. The lowest BCUT2D eigenvalue weighted by Crippen LogP contribution is -2.50. The van der Waals surface area contributed by atoms with Crippen molar-refractivity contribution >= 4 is 28.1 Å². The average molecular weight is 743 g/mol. The standard InChI is InChI=1S/C42H70O7Si2/c1-28(2)51(29(3)4,30(5)6)22-21-37-23-31(7)24-38(46-14)32(8)41(47-27-34-17-19-36(45-13)20-18-34)33(9)39(25-35(43)26-40(44)48-37)49-50(15,16)42(10,11)12/h17-20,24,28-30,32-33,37-39,41H,23,25-27H2,1-16H3/b31-24+/t32-,33-,37+,38-,39+,41+/m1/s1. The normalized spacial score (nSPS) is 25.9. The van der Waals surface area contributed by atoms with Gasteiger partial charge in [-0.15, -0.1) is 5.54 Å². The molecule has 2 rings (SSSR count). The molecule has 0 aliphatic carbocycles. The van der Waals surface area contributed by atoms with Crippen LogP contribution < -0.4 is 4.74 Å². The molecule has 1 aliphatic rings. The Morgan fingerprint density at radius 2 is 1.47 bits per heavy atom. The van der Waals surface area contributed by atoms with Gasteiger partial charge in [0, 0.05) is 31.8 Å². The second-order valence-corrected chi connectivity index (χ2v) is 27.6. The number of cyclic esters (lactones) is 1. The highest BCUT2D eigenvalue weighted by Crippen LogP contribution is 2.42. The molecule has 0 aromatic heterocycles. The minimum absolute atomic E-state index is 0.0832. The van der Waals surface area contributed by atoms with E-state index in [1.54, 1.807) is 14.2 Å². The molecule has 1 aliphatic heterocycles. The van der Waals surface area contributed by atoms with Gasteiger partial charge in [-0.05, 0) is 59.4 Å². The lowest BCUT2D eigenvalue weighted by atomic mass is 9.83. The van der Waals surface area contributed by atoms with Crippen molar-refractivity contribution in [1.82, 2.24) is 0 Å². The Hall–Kier alpha value is -2.23. The number of methoxy groups -OCH3 is 2. The van der Waals surface area contributed by atoms with Gasteiger partial charge in [0.1, 0.15) is 26.0 Å². The minimum Gasteiger partial charge on any atom is -0.497 e. The molecule has 0 fully saturated rings. The van der Waals surface area contributed by atoms with E-state index < -0.39 is 34.6 Å². The van der Waals surface area contributed by atoms with Crippen LogP contribution in [0.5, 0.6) is 5.75 Å². The Balaban J connectivity index is 2.68. The number of benzene rings is 1. The van der Waals surface area contributed by atoms with E-state index in [0.29, 0.717) is 29.7 Å². The van der Waals surface area contributed by atoms with Crippen molar-refractivity contribution < 1.29 is 33.0 Å². The third-order valence-electron chi connectivity index (χ3n) is 11.6. The van der Waals surface area contributed by atoms with Crippen molar-refractivity contribution in [1.29, 1.82) is 0 Å². The minimum atomic E-state index is -2.34. The van der Waals surface area contributed by atoms with Gasteiger partial charge in [0.05, 0.1) is 32.0 Å². The highest BCUT2D eigenvalue weighted by atomic mass is 28.4. The second-order valence-electron chi connectivity index (χ2n) is 17.2. The van der Waals surface area contributed by atoms with Crippen molar-refractivity contribution in [2.75, 3.05) is 14.2 Å². The van der Waals surface area contributed by atoms with E-state index in [2.05, 4.69) is 107 Å². The Kier molecular flexibility index (Phi) is 16.9. The fourth-order valence-corrected chi connectivity index (χ4v) is 14.2. The van der Waals surface area contributed by atoms with Crippen LogP contribution in [-0.4, -0.2) is 66.8 Å². The van der Waals surface area contributed by atoms with Crippen LogP contribution in [0.3, 0.4) is 0 Å². The predicted molar refractivity (Wildman–Crippen MR) is 214 cm³/mol. The molecule has 1 aromatic rings. The van der Waals surface area contributed by atoms with E-state index in [4.69, 9.17) is 23.4 Å². The van der Waals surface area contributed by atoms with E-state index in [0.717, 1.165) is 16.9 Å². The first kappa shape index (κ1) is 44.9. The van der Waals surface area contributed by atoms with E-state index in [1.165, 1.54) is 0 Å². The number of rotatable bonds is 10. The summed E-state index contributed by atoms with van der Waals surface area (Å²) in [5.41, 5.74) is 7.07. The highest BCUT2D eigenvalue weighted by Gasteiger charge is 2.44. The SMILES string of the molecule is COc1ccc(CO[C@@H]2[C@H](C)[C@@H](O[Si](C)(C)C(C)(C)C)CC(=O)CC(=O)O[C@@H](C#C[Si](C(C)C)(C(C)C)C(C)C)C/C(C)=C/[C@@H](OC)[C@H]2C)cc1. The quantitative estimate of drug-likeness (QED) is 0.0776. The summed E-state index contributed by atoms with van der Waals surface area (Å²) in [5.74, 6) is 3.19. The molecule has 0 N–H and O–H groups in total. The molecule has 0 amide bonds. The number of hydrogen-bond donors (Lipinski definition) is 0. The van der Waals surface area contributed by atoms with E-state index in [-0.39, 0.29) is 47.7 Å². The maximum atomic E-state index is 13.8. The summed E-state index contributed by atoms with van der Waals surface area (Å²) in [6, 6.07) is 7.87. The number of carbonyl (C=O) groups is 2. The first-order valence-corrected chi connectivity index (χ1v) is 24.1. The molecule has 0 saturated carbocycles. The smallest absolute Gasteiger partial charge is 0.314 e. The van der Waals surface area contributed by atoms with Crippen LogP contribution >= 0.6 is 0 Å². The van der Waals surface area contributed by atoms with Gasteiger partial charge in [0.2, 0.25) is 0 Å². The topological polar surface area (TPSA) is 80.3 Å². The van der Waals surface area contributed by atoms with Crippen molar-refractivity contribution in [3.8, 4) is 17.2 Å². The molecule has 9 heteroatoms. The zero-order valence-corrected chi connectivity index (χ0v) is 36.8. The molecule has 1 heterocycles. The summed E-state index contributed by atoms with van der Waals surface area (Å²) in [6.45, 7) is 31.3. The second kappa shape index (κ2) is 19.2. The van der Waals surface area contributed by atoms with Crippen LogP contribution in [0, 0.1) is 23.3 Å². The fraction of sp³-hybridized carbons (Fsp3) is 0.714. The highest BCUT2D eigenvalue weighted by molar-refractivity contribution is 6.90. The van der Waals surface area contributed by atoms with Gasteiger partial charge >= 0.3 is 5.97 Å². The molecule has 0 saturated heterocycles. The number of ketones is 1. The molecule has 288 valence electrons. The lowest BCUT2D eigenvalue weighted by Gasteiger charge is -2.43. The number of Topliss-reactive ketones (excluding diaryl/α,β-unsaturated/α-hetero) is 1. The number of carbonyl (C=O) groups excluding carboxylic acids is 2. The third-order valence-corrected chi connectivity index (χ3v) is 22.4. The van der Waals surface area contributed by atoms with Crippen molar-refractivity contribution in [2.24, 2.45) is 11.8 Å². The van der Waals surface area contributed by atoms with Gasteiger partial charge < -0.3 is 23.4 Å². The summed E-state index contributed by atoms with van der Waals surface area (Å²) in [4.78, 5) is 27.2. The molecule has 0 radical (unpaired) electrons. The summed E-state index contributed by atoms with van der Waals surface area (Å²) < 4.78 is 31.4. The molecular formula is C42H70O7Si2. The Bertz CT molecular complexity index is 1340. The van der Waals surface area contributed by atoms with Gasteiger partial charge in [-0.1, -0.05) is 106 Å². The summed E-state index contributed by atoms with van der Waals surface area (Å²) in [7, 11) is -1.06. The molecule has 51 heavy (non-hydrogen) atoms. The molecule has 6 atom stereocenters. The zero-order chi connectivity index (χ0) is 38.9. The zero-order valence-electron chi connectivity index (χ0n) is 34.8. The van der Waals surface area contributed by atoms with E-state index >= 15 is 0 Å². The molecule has 1 aromatic carbocycles. The van der Waals surface area contributed by atoms with E-state index in [9.17, 15) is 9.59 Å². The monoisotopic (exact) mass is 742 g/mol. The summed E-state index contributed by atoms with van der Waals surface area (Å²) >= 11 is 0.